The second-order valence-electron chi connectivity index (χ2n) is 16.5. The molecule has 0 radical (unpaired) electrons. The highest BCUT2D eigenvalue weighted by Crippen LogP contribution is 2.53. The van der Waals surface area contributed by atoms with Crippen molar-refractivity contribution in [2.24, 2.45) is 11.3 Å². The number of imide groups is 1. The van der Waals surface area contributed by atoms with Crippen molar-refractivity contribution in [1.29, 1.82) is 0 Å². The van der Waals surface area contributed by atoms with Crippen LogP contribution in [0.2, 0.25) is 0 Å². The number of nitrogens with zero attached hydrogens (tertiary/aromatic N) is 3. The van der Waals surface area contributed by atoms with Crippen LogP contribution in [0.4, 0.5) is 21.5 Å². The van der Waals surface area contributed by atoms with Gasteiger partial charge in [0.05, 0.1) is 12.3 Å². The number of carbonyl (C=O) groups is 2. The van der Waals surface area contributed by atoms with Crippen LogP contribution in [0.25, 0.3) is 0 Å². The molecule has 9 nitrogen and oxygen atoms in total. The molecule has 55 heavy (non-hydrogen) atoms. The zero-order chi connectivity index (χ0) is 37.5. The topological polar surface area (TPSA) is 97.4 Å². The number of carbonyl (C=O) groups excluding carboxylic acids is 2. The van der Waals surface area contributed by atoms with E-state index >= 15 is 4.39 Å². The number of rotatable bonds is 8. The van der Waals surface area contributed by atoms with Crippen LogP contribution in [0.1, 0.15) is 67.1 Å². The van der Waals surface area contributed by atoms with E-state index in [1.54, 1.807) is 18.2 Å². The maximum Gasteiger partial charge on any atom is 0.249 e. The second-order valence-corrected chi connectivity index (χ2v) is 16.5. The van der Waals surface area contributed by atoms with Crippen LogP contribution in [0.15, 0.2) is 91.0 Å². The van der Waals surface area contributed by atoms with Crippen LogP contribution in [0, 0.1) is 17.2 Å². The lowest BCUT2D eigenvalue weighted by Gasteiger charge is -2.54. The number of nitrogens with one attached hydrogen (secondary N) is 2. The van der Waals surface area contributed by atoms with Gasteiger partial charge in [0, 0.05) is 87.1 Å². The van der Waals surface area contributed by atoms with Gasteiger partial charge in [0.2, 0.25) is 11.8 Å². The third-order valence-corrected chi connectivity index (χ3v) is 13.0. The first-order chi connectivity index (χ1) is 26.8. The minimum Gasteiger partial charge on any atom is -0.508 e. The predicted octanol–water partition coefficient (Wildman–Crippen LogP) is 6.88. The molecular formula is C45H50FN5O4. The maximum absolute atomic E-state index is 15.2. The van der Waals surface area contributed by atoms with Gasteiger partial charge < -0.3 is 25.0 Å². The summed E-state index contributed by atoms with van der Waals surface area (Å²) in [4.78, 5) is 30.8. The Bertz CT molecular complexity index is 2020. The fourth-order valence-electron chi connectivity index (χ4n) is 10.1. The van der Waals surface area contributed by atoms with Crippen molar-refractivity contribution in [2.75, 3.05) is 67.5 Å². The lowest BCUT2D eigenvalue weighted by atomic mass is 9.57. The summed E-state index contributed by atoms with van der Waals surface area (Å²) in [7, 11) is 0. The Labute approximate surface area is 322 Å². The van der Waals surface area contributed by atoms with Crippen molar-refractivity contribution in [2.45, 2.75) is 56.4 Å². The minimum absolute atomic E-state index is 0.143. The van der Waals surface area contributed by atoms with Crippen molar-refractivity contribution in [3.63, 3.8) is 0 Å². The van der Waals surface area contributed by atoms with E-state index in [2.05, 4.69) is 79.9 Å². The lowest BCUT2D eigenvalue weighted by molar-refractivity contribution is -0.133. The fourth-order valence-corrected chi connectivity index (χ4v) is 10.1. The number of hydrogen-bond acceptors (Lipinski definition) is 8. The largest absolute Gasteiger partial charge is 0.508 e. The van der Waals surface area contributed by atoms with E-state index in [0.717, 1.165) is 63.0 Å². The molecule has 3 saturated heterocycles. The average molecular weight is 744 g/mol. The zero-order valence-corrected chi connectivity index (χ0v) is 31.3. The maximum atomic E-state index is 15.2. The third kappa shape index (κ3) is 7.36. The molecule has 5 aliphatic rings. The summed E-state index contributed by atoms with van der Waals surface area (Å²) in [5, 5.41) is 15.6. The predicted molar refractivity (Wildman–Crippen MR) is 213 cm³/mol. The van der Waals surface area contributed by atoms with Crippen molar-refractivity contribution in [3.8, 4) is 11.5 Å². The van der Waals surface area contributed by atoms with Gasteiger partial charge in [0.15, 0.2) is 0 Å². The summed E-state index contributed by atoms with van der Waals surface area (Å²) in [6.07, 6.45) is 5.76. The summed E-state index contributed by atoms with van der Waals surface area (Å²) >= 11 is 0. The first-order valence-corrected chi connectivity index (χ1v) is 20.0. The summed E-state index contributed by atoms with van der Waals surface area (Å²) in [6, 6.07) is 29.9. The number of hydrogen-bond donors (Lipinski definition) is 3. The molecule has 4 fully saturated rings. The molecule has 1 spiro atoms. The highest BCUT2D eigenvalue weighted by atomic mass is 19.1. The number of aromatic hydroxyl groups is 1. The van der Waals surface area contributed by atoms with Crippen molar-refractivity contribution >= 4 is 28.9 Å². The first kappa shape index (κ1) is 35.6. The molecule has 4 aromatic carbocycles. The molecule has 4 aliphatic heterocycles. The lowest BCUT2D eigenvalue weighted by Crippen LogP contribution is -2.53. The molecular weight excluding hydrogens is 694 g/mol. The van der Waals surface area contributed by atoms with Crippen molar-refractivity contribution in [3.05, 3.63) is 114 Å². The molecule has 4 heterocycles. The fraction of sp³-hybridized carbons (Fsp3) is 0.422. The quantitative estimate of drug-likeness (QED) is 0.168. The highest BCUT2D eigenvalue weighted by molar-refractivity contribution is 6.01. The van der Waals surface area contributed by atoms with Gasteiger partial charge in [0.1, 0.15) is 23.4 Å². The summed E-state index contributed by atoms with van der Waals surface area (Å²) in [5.41, 5.74) is 6.56. The van der Waals surface area contributed by atoms with Crippen LogP contribution in [-0.2, 0) is 9.59 Å². The molecule has 0 bridgehead atoms. The molecule has 0 aromatic heterocycles. The van der Waals surface area contributed by atoms with Gasteiger partial charge in [-0.25, -0.2) is 4.39 Å². The number of ether oxygens (including phenoxy) is 1. The smallest absolute Gasteiger partial charge is 0.249 e. The number of piperidine rings is 2. The highest BCUT2D eigenvalue weighted by Gasteiger charge is 2.46. The van der Waals surface area contributed by atoms with E-state index < -0.39 is 6.04 Å². The van der Waals surface area contributed by atoms with E-state index in [-0.39, 0.29) is 41.6 Å². The Hall–Kier alpha value is -5.09. The molecule has 3 N–H and O–H groups in total. The number of fused-ring (bicyclic) bond motifs is 1. The van der Waals surface area contributed by atoms with Gasteiger partial charge in [-0.2, -0.15) is 0 Å². The van der Waals surface area contributed by atoms with Gasteiger partial charge >= 0.3 is 0 Å². The minimum atomic E-state index is -0.531. The Kier molecular flexibility index (Phi) is 9.62. The van der Waals surface area contributed by atoms with Crippen LogP contribution >= 0.6 is 0 Å². The second kappa shape index (κ2) is 14.9. The third-order valence-electron chi connectivity index (χ3n) is 13.0. The molecule has 1 unspecified atom stereocenters. The number of halogens is 1. The van der Waals surface area contributed by atoms with Crippen LogP contribution in [0.3, 0.4) is 0 Å². The molecule has 3 atom stereocenters. The van der Waals surface area contributed by atoms with Gasteiger partial charge in [0.25, 0.3) is 0 Å². The summed E-state index contributed by atoms with van der Waals surface area (Å²) in [5.74, 6) is 1.14. The first-order valence-electron chi connectivity index (χ1n) is 20.0. The molecule has 1 aliphatic carbocycles. The molecule has 4 aromatic rings. The van der Waals surface area contributed by atoms with E-state index in [0.29, 0.717) is 29.8 Å². The number of benzene rings is 4. The monoisotopic (exact) mass is 743 g/mol. The SMILES string of the molecule is O=C1CCC(Nc2ccc(N3CCN(CC4CC5(CCN(c6ccc([C@H]7c8ccc(O)cc8OC[C@H]7c7ccccc7)cc6)CC5)C4)CC3)c(F)c2)C(=O)N1. The van der Waals surface area contributed by atoms with Gasteiger partial charge in [-0.1, -0.05) is 48.5 Å². The Balaban J connectivity index is 0.751. The molecule has 286 valence electrons. The number of anilines is 3. The zero-order valence-electron chi connectivity index (χ0n) is 31.3. The van der Waals surface area contributed by atoms with Crippen LogP contribution < -0.4 is 25.2 Å². The number of piperazine rings is 1. The van der Waals surface area contributed by atoms with E-state index in [4.69, 9.17) is 4.74 Å². The molecule has 2 amide bonds. The normalized spacial score (nSPS) is 24.1. The van der Waals surface area contributed by atoms with Gasteiger partial charge in [-0.3, -0.25) is 19.8 Å². The van der Waals surface area contributed by atoms with Crippen LogP contribution in [0.5, 0.6) is 11.5 Å². The molecule has 1 saturated carbocycles. The molecule has 10 heteroatoms. The standard InChI is InChI=1S/C45H50FN5O4/c46-38-24-33(47-39-13-15-42(53)48-44(39)54)8-14-40(38)51-22-20-49(21-23-51)28-30-26-45(27-30)16-18-50(19-17-45)34-9-6-32(7-10-34)43-36-12-11-35(52)25-41(36)55-29-37(43)31-4-2-1-3-5-31/h1-12,14,24-25,30,37,39,43,47,52H,13,15-23,26-29H2,(H,48,53,54)/t37-,39?,43-/m0/s1. The molecule has 9 rings (SSSR count). The van der Waals surface area contributed by atoms with E-state index in [9.17, 15) is 14.7 Å². The number of phenolic OH excluding ortho intramolecular Hbond substituents is 1. The van der Waals surface area contributed by atoms with Crippen molar-refractivity contribution in [1.82, 2.24) is 10.2 Å². The van der Waals surface area contributed by atoms with Gasteiger partial charge in [-0.05, 0) is 91.0 Å². The van der Waals surface area contributed by atoms with Crippen LogP contribution in [-0.4, -0.2) is 80.3 Å². The van der Waals surface area contributed by atoms with Crippen molar-refractivity contribution < 1.29 is 23.8 Å². The average Bonchev–Trinajstić information content (AvgIpc) is 3.19. The Morgan fingerprint density at radius 3 is 2.33 bits per heavy atom. The Morgan fingerprint density at radius 2 is 1.60 bits per heavy atom. The summed E-state index contributed by atoms with van der Waals surface area (Å²) in [6.45, 7) is 7.31. The summed E-state index contributed by atoms with van der Waals surface area (Å²) < 4.78 is 21.4. The van der Waals surface area contributed by atoms with E-state index in [1.165, 1.54) is 48.6 Å². The number of phenols is 1. The number of amides is 2. The Morgan fingerprint density at radius 1 is 0.836 bits per heavy atom. The van der Waals surface area contributed by atoms with Gasteiger partial charge in [-0.15, -0.1) is 0 Å². The van der Waals surface area contributed by atoms with E-state index in [1.807, 2.05) is 12.1 Å².